The summed E-state index contributed by atoms with van der Waals surface area (Å²) in [6, 6.07) is 125. The Hall–Kier alpha value is -14.0. The van der Waals surface area contributed by atoms with Gasteiger partial charge < -0.3 is 9.31 Å². The SMILES string of the molecule is Brc1ccc(-c2cc(-c3ccc(-c4ccccc4)cc3)nc(-c3ccccc3)n2)cc1.C.CC1(C)OB(c2ccc(-c3nc4c(nc5ccccn54)c4ccccc34)cc2)OC1(C)C.c1ccc(-c2ccc(-c3cc(-c4ccc(-c5ccc(-c6nc7c(nc8ccccn87)c7ccccc67)cc5)cc4)nc(-c4ccccc4)n3)cc2)cc1. The average molecular weight is 1580 g/mol. The van der Waals surface area contributed by atoms with Gasteiger partial charge in [-0.25, -0.2) is 39.9 Å². The summed E-state index contributed by atoms with van der Waals surface area (Å²) >= 11 is 3.51. The Morgan fingerprint density at radius 2 is 0.538 bits per heavy atom. The second-order valence-corrected chi connectivity index (χ2v) is 30.8. The quantitative estimate of drug-likeness (QED) is 0.109. The first-order valence-electron chi connectivity index (χ1n) is 38.8. The molecule has 0 aliphatic carbocycles. The molecule has 0 bridgehead atoms. The van der Waals surface area contributed by atoms with Crippen LogP contribution in [0.25, 0.3) is 179 Å². The third kappa shape index (κ3) is 15.0. The van der Waals surface area contributed by atoms with Gasteiger partial charge in [-0.05, 0) is 115 Å². The van der Waals surface area contributed by atoms with E-state index in [1.54, 1.807) is 0 Å². The van der Waals surface area contributed by atoms with Crippen molar-refractivity contribution < 1.29 is 9.31 Å². The molecule has 0 amide bonds. The van der Waals surface area contributed by atoms with Crippen LogP contribution in [0.5, 0.6) is 0 Å². The van der Waals surface area contributed by atoms with Crippen molar-refractivity contribution in [2.24, 2.45) is 0 Å². The van der Waals surface area contributed by atoms with E-state index < -0.39 is 0 Å². The van der Waals surface area contributed by atoms with Crippen LogP contribution in [0.1, 0.15) is 35.1 Å². The van der Waals surface area contributed by atoms with Gasteiger partial charge in [0, 0.05) is 82.9 Å². The standard InChI is InChI=1S/C48H31N5.C28H19BrN2.C26H24BN3O2.CH4/c1-3-11-32(12-4-1)33-18-24-36(25-19-33)42-31-43(50-47(49-42)39-13-5-2-6-14-39)37-26-20-34(21-27-37)35-22-28-38(29-23-35)45-40-15-7-8-16-41(40)46-48(52-45)53-30-10-9-17-44(53)51-46;29-25-17-15-23(16-18-25)27-19-26(30-28(31-27)24-9-5-2-6-10-24)22-13-11-21(12-14-22)20-7-3-1-4-8-20;1-25(2)26(3,4)32-27(31-25)18-14-12-17(13-15-18)22-19-9-5-6-10-20(19)23-24(29-22)30-16-8-7-11-21(30)28-23;/h1-31H;1-19H;5-16H,1-4H3;1H4. The van der Waals surface area contributed by atoms with E-state index in [0.717, 1.165) is 161 Å². The molecule has 12 nitrogen and oxygen atoms in total. The molecule has 0 saturated carbocycles. The fourth-order valence-corrected chi connectivity index (χ4v) is 15.3. The fraction of sp³-hybridized carbons (Fsp3) is 0.0680. The molecule has 562 valence electrons. The highest BCUT2D eigenvalue weighted by Crippen LogP contribution is 2.40. The van der Waals surface area contributed by atoms with E-state index in [9.17, 15) is 0 Å². The van der Waals surface area contributed by atoms with E-state index in [2.05, 4.69) is 297 Å². The predicted octanol–water partition coefficient (Wildman–Crippen LogP) is 25.4. The molecule has 1 saturated heterocycles. The van der Waals surface area contributed by atoms with Crippen LogP contribution in [0.4, 0.5) is 0 Å². The lowest BCUT2D eigenvalue weighted by atomic mass is 9.78. The number of aromatic nitrogens is 10. The molecule has 0 N–H and O–H groups in total. The molecular weight excluding hydrogens is 1500 g/mol. The Labute approximate surface area is 687 Å². The van der Waals surface area contributed by atoms with Crippen LogP contribution < -0.4 is 5.46 Å². The number of halogens is 1. The number of hydrogen-bond donors (Lipinski definition) is 0. The molecule has 0 atom stereocenters. The first-order chi connectivity index (χ1) is 56.8. The molecule has 0 radical (unpaired) electrons. The Bertz CT molecular complexity index is 6960. The molecule has 1 fully saturated rings. The number of rotatable bonds is 12. The topological polar surface area (TPSA) is 130 Å². The molecule has 1 aliphatic heterocycles. The van der Waals surface area contributed by atoms with Crippen molar-refractivity contribution in [2.45, 2.75) is 46.3 Å². The van der Waals surface area contributed by atoms with Gasteiger partial charge in [0.1, 0.15) is 22.3 Å². The van der Waals surface area contributed by atoms with Crippen molar-refractivity contribution in [1.82, 2.24) is 48.7 Å². The lowest BCUT2D eigenvalue weighted by molar-refractivity contribution is 0.00578. The first kappa shape index (κ1) is 74.4. The van der Waals surface area contributed by atoms with Crippen LogP contribution in [0.3, 0.4) is 0 Å². The normalized spacial score (nSPS) is 12.8. The van der Waals surface area contributed by atoms with E-state index in [0.29, 0.717) is 5.82 Å². The molecule has 1 aliphatic rings. The maximum Gasteiger partial charge on any atom is 0.494 e. The van der Waals surface area contributed by atoms with Crippen molar-refractivity contribution >= 4 is 83.7 Å². The summed E-state index contributed by atoms with van der Waals surface area (Å²) in [4.78, 5) is 39.8. The van der Waals surface area contributed by atoms with Crippen LogP contribution in [-0.2, 0) is 9.31 Å². The van der Waals surface area contributed by atoms with Crippen LogP contribution in [0.15, 0.2) is 381 Å². The van der Waals surface area contributed by atoms with Crippen molar-refractivity contribution in [1.29, 1.82) is 0 Å². The number of imidazole rings is 2. The predicted molar refractivity (Wildman–Crippen MR) is 484 cm³/mol. The van der Waals surface area contributed by atoms with E-state index in [-0.39, 0.29) is 25.7 Å². The molecule has 20 aromatic rings. The molecule has 0 unspecified atom stereocenters. The number of benzene rings is 12. The third-order valence-electron chi connectivity index (χ3n) is 21.9. The maximum atomic E-state index is 6.21. The average Bonchev–Trinajstić information content (AvgIpc) is 1.61. The largest absolute Gasteiger partial charge is 0.494 e. The van der Waals surface area contributed by atoms with Crippen molar-refractivity contribution in [3.8, 4) is 124 Å². The van der Waals surface area contributed by atoms with Gasteiger partial charge in [0.2, 0.25) is 0 Å². The minimum atomic E-state index is -0.375. The zero-order valence-corrected chi connectivity index (χ0v) is 65.6. The van der Waals surface area contributed by atoms with E-state index >= 15 is 0 Å². The molecule has 8 aromatic heterocycles. The van der Waals surface area contributed by atoms with Crippen molar-refractivity contribution in [2.75, 3.05) is 0 Å². The van der Waals surface area contributed by atoms with Crippen LogP contribution in [0.2, 0.25) is 0 Å². The Morgan fingerprint density at radius 3 is 0.889 bits per heavy atom. The summed E-state index contributed by atoms with van der Waals surface area (Å²) in [6.07, 6.45) is 4.04. The van der Waals surface area contributed by atoms with Crippen LogP contribution in [0, 0.1) is 0 Å². The van der Waals surface area contributed by atoms with Gasteiger partial charge in [-0.3, -0.25) is 8.80 Å². The summed E-state index contributed by atoms with van der Waals surface area (Å²) in [5, 5.41) is 4.38. The van der Waals surface area contributed by atoms with Crippen LogP contribution >= 0.6 is 15.9 Å². The van der Waals surface area contributed by atoms with E-state index in [1.165, 1.54) is 22.3 Å². The monoisotopic (exact) mass is 1580 g/mol. The second-order valence-electron chi connectivity index (χ2n) is 29.9. The Balaban J connectivity index is 0.000000128. The fourth-order valence-electron chi connectivity index (χ4n) is 15.0. The van der Waals surface area contributed by atoms with Gasteiger partial charge in [0.05, 0.1) is 45.4 Å². The highest BCUT2D eigenvalue weighted by atomic mass is 79.9. The smallest absolute Gasteiger partial charge is 0.399 e. The third-order valence-corrected chi connectivity index (χ3v) is 22.5. The maximum absolute atomic E-state index is 6.21. The van der Waals surface area contributed by atoms with Crippen LogP contribution in [-0.4, -0.2) is 67.0 Å². The van der Waals surface area contributed by atoms with Gasteiger partial charge in [-0.15, -0.1) is 0 Å². The van der Waals surface area contributed by atoms with Crippen molar-refractivity contribution in [3.63, 3.8) is 0 Å². The van der Waals surface area contributed by atoms with Gasteiger partial charge in [-0.1, -0.05) is 339 Å². The highest BCUT2D eigenvalue weighted by Gasteiger charge is 2.51. The van der Waals surface area contributed by atoms with Gasteiger partial charge in [0.15, 0.2) is 22.9 Å². The second kappa shape index (κ2) is 31.8. The summed E-state index contributed by atoms with van der Waals surface area (Å²) in [5.41, 5.74) is 26.4. The zero-order chi connectivity index (χ0) is 78.3. The van der Waals surface area contributed by atoms with Gasteiger partial charge >= 0.3 is 7.12 Å². The van der Waals surface area contributed by atoms with Crippen molar-refractivity contribution in [3.05, 3.63) is 381 Å². The molecular formula is C103H78BBrN10O2. The molecule has 117 heavy (non-hydrogen) atoms. The Kier molecular flexibility index (Phi) is 20.2. The number of pyridine rings is 4. The number of fused-ring (bicyclic) bond motifs is 10. The Morgan fingerprint density at radius 1 is 0.265 bits per heavy atom. The molecule has 12 aromatic carbocycles. The van der Waals surface area contributed by atoms with Gasteiger partial charge in [0.25, 0.3) is 0 Å². The molecule has 14 heteroatoms. The summed E-state index contributed by atoms with van der Waals surface area (Å²) in [5.74, 6) is 1.43. The summed E-state index contributed by atoms with van der Waals surface area (Å²) < 4.78 is 17.6. The highest BCUT2D eigenvalue weighted by molar-refractivity contribution is 9.10. The molecule has 21 rings (SSSR count). The van der Waals surface area contributed by atoms with Gasteiger partial charge in [-0.2, -0.15) is 0 Å². The van der Waals surface area contributed by atoms with E-state index in [4.69, 9.17) is 49.2 Å². The van der Waals surface area contributed by atoms with E-state index in [1.807, 2.05) is 132 Å². The number of nitrogens with zero attached hydrogens (tertiary/aromatic N) is 10. The summed E-state index contributed by atoms with van der Waals surface area (Å²) in [6.45, 7) is 8.29. The lowest BCUT2D eigenvalue weighted by Crippen LogP contribution is -2.41. The first-order valence-corrected chi connectivity index (χ1v) is 39.6. The lowest BCUT2D eigenvalue weighted by Gasteiger charge is -2.32. The molecule has 0 spiro atoms. The number of hydrogen-bond acceptors (Lipinski definition) is 10. The minimum Gasteiger partial charge on any atom is -0.399 e. The zero-order valence-electron chi connectivity index (χ0n) is 64.0. The molecule has 9 heterocycles. The summed E-state index contributed by atoms with van der Waals surface area (Å²) in [7, 11) is -0.375. The minimum absolute atomic E-state index is 0.